The van der Waals surface area contributed by atoms with Crippen molar-refractivity contribution in [3.63, 3.8) is 0 Å². The number of aromatic hydroxyl groups is 2. The lowest BCUT2D eigenvalue weighted by Crippen LogP contribution is -2.23. The molecule has 4 aromatic rings. The SMILES string of the molecule is C=C=c1c(C)c(O)[nH]c1=Cc1[nH]c(Cc2[nH]c(C=c3[nH]c(O)c(C)c3=C=C)c(C)c2CCCCC(=O)NO)c(CCCCC(=O)NO)c1C. The molecule has 0 fully saturated rings. The number of aromatic nitrogens is 4. The van der Waals surface area contributed by atoms with Crippen LogP contribution in [0.15, 0.2) is 13.2 Å². The van der Waals surface area contributed by atoms with Gasteiger partial charge in [-0.15, -0.1) is 11.5 Å². The van der Waals surface area contributed by atoms with E-state index < -0.39 is 11.8 Å². The number of hydrogen-bond donors (Lipinski definition) is 10. The van der Waals surface area contributed by atoms with E-state index in [0.29, 0.717) is 77.2 Å². The van der Waals surface area contributed by atoms with Crippen molar-refractivity contribution in [2.24, 2.45) is 0 Å². The topological polar surface area (TPSA) is 202 Å². The molecule has 0 bridgehead atoms. The smallest absolute Gasteiger partial charge is 0.243 e. The Morgan fingerprint density at radius 3 is 1.39 bits per heavy atom. The molecular weight excluding hydrogens is 624 g/mol. The first-order valence-electron chi connectivity index (χ1n) is 16.3. The third kappa shape index (κ3) is 8.20. The van der Waals surface area contributed by atoms with Crippen molar-refractivity contribution in [3.05, 3.63) is 90.4 Å². The summed E-state index contributed by atoms with van der Waals surface area (Å²) in [6, 6.07) is 0. The molecule has 4 aromatic heterocycles. The summed E-state index contributed by atoms with van der Waals surface area (Å²) in [5.41, 5.74) is 18.4. The Labute approximate surface area is 283 Å². The summed E-state index contributed by atoms with van der Waals surface area (Å²) in [7, 11) is 0. The number of hydroxylamine groups is 2. The number of carbonyl (C=O) groups excluding carboxylic acids is 2. The summed E-state index contributed by atoms with van der Waals surface area (Å²) in [6.45, 7) is 15.2. The predicted molar refractivity (Wildman–Crippen MR) is 187 cm³/mol. The van der Waals surface area contributed by atoms with Crippen molar-refractivity contribution in [1.29, 1.82) is 0 Å². The minimum Gasteiger partial charge on any atom is -0.494 e. The van der Waals surface area contributed by atoms with Crippen LogP contribution in [0.5, 0.6) is 11.8 Å². The molecular formula is C37H46N6O6. The quantitative estimate of drug-likeness (QED) is 0.0555. The van der Waals surface area contributed by atoms with Gasteiger partial charge in [0.15, 0.2) is 11.8 Å². The minimum absolute atomic E-state index is 0.0544. The number of rotatable bonds is 14. The van der Waals surface area contributed by atoms with Crippen molar-refractivity contribution in [2.75, 3.05) is 0 Å². The summed E-state index contributed by atoms with van der Waals surface area (Å²) in [5.74, 6) is -0.744. The maximum absolute atomic E-state index is 11.6. The Balaban J connectivity index is 1.82. The molecule has 49 heavy (non-hydrogen) atoms. The van der Waals surface area contributed by atoms with E-state index in [0.717, 1.165) is 45.0 Å². The highest BCUT2D eigenvalue weighted by Crippen LogP contribution is 2.28. The lowest BCUT2D eigenvalue weighted by Gasteiger charge is -2.09. The number of aromatic amines is 4. The van der Waals surface area contributed by atoms with Gasteiger partial charge in [-0.05, 0) is 101 Å². The van der Waals surface area contributed by atoms with Gasteiger partial charge >= 0.3 is 0 Å². The van der Waals surface area contributed by atoms with E-state index in [4.69, 9.17) is 10.4 Å². The molecule has 0 atom stereocenters. The predicted octanol–water partition coefficient (Wildman–Crippen LogP) is 2.46. The molecule has 0 aromatic carbocycles. The maximum atomic E-state index is 11.6. The third-order valence-corrected chi connectivity index (χ3v) is 9.21. The van der Waals surface area contributed by atoms with Gasteiger partial charge < -0.3 is 30.1 Å². The van der Waals surface area contributed by atoms with Crippen LogP contribution in [0.3, 0.4) is 0 Å². The summed E-state index contributed by atoms with van der Waals surface area (Å²) >= 11 is 0. The molecule has 0 aliphatic heterocycles. The Hall–Kier alpha value is -5.38. The zero-order chi connectivity index (χ0) is 35.8. The highest BCUT2D eigenvalue weighted by Gasteiger charge is 2.19. The third-order valence-electron chi connectivity index (χ3n) is 9.21. The Morgan fingerprint density at radius 2 is 1.04 bits per heavy atom. The van der Waals surface area contributed by atoms with Gasteiger partial charge in [0.1, 0.15) is 0 Å². The van der Waals surface area contributed by atoms with Gasteiger partial charge in [-0.1, -0.05) is 13.2 Å². The second-order valence-corrected chi connectivity index (χ2v) is 12.3. The fourth-order valence-corrected chi connectivity index (χ4v) is 6.34. The van der Waals surface area contributed by atoms with Crippen LogP contribution in [0.4, 0.5) is 0 Å². The van der Waals surface area contributed by atoms with E-state index in [9.17, 15) is 19.8 Å². The summed E-state index contributed by atoms with van der Waals surface area (Å²) in [5, 5.41) is 41.2. The highest BCUT2D eigenvalue weighted by atomic mass is 16.5. The fraction of sp³-hybridized carbons (Fsp3) is 0.351. The second-order valence-electron chi connectivity index (χ2n) is 12.3. The highest BCUT2D eigenvalue weighted by molar-refractivity contribution is 5.74. The van der Waals surface area contributed by atoms with E-state index in [1.165, 1.54) is 0 Å². The first kappa shape index (κ1) is 36.5. The van der Waals surface area contributed by atoms with E-state index in [2.05, 4.69) is 44.6 Å². The van der Waals surface area contributed by atoms with Gasteiger partial charge in [0.2, 0.25) is 11.8 Å². The van der Waals surface area contributed by atoms with Gasteiger partial charge in [-0.3, -0.25) is 20.0 Å². The molecule has 12 heteroatoms. The van der Waals surface area contributed by atoms with Crippen LogP contribution in [0.2, 0.25) is 0 Å². The van der Waals surface area contributed by atoms with Gasteiger partial charge in [-0.25, -0.2) is 11.0 Å². The number of H-pyrrole nitrogens is 4. The summed E-state index contributed by atoms with van der Waals surface area (Å²) in [6.07, 6.45) is 8.78. The van der Waals surface area contributed by atoms with Crippen LogP contribution < -0.4 is 32.1 Å². The molecule has 0 unspecified atom stereocenters. The average molecular weight is 671 g/mol. The Morgan fingerprint density at radius 1 is 0.653 bits per heavy atom. The Bertz CT molecular complexity index is 2000. The Kier molecular flexibility index (Phi) is 12.0. The van der Waals surface area contributed by atoms with Crippen molar-refractivity contribution in [3.8, 4) is 11.8 Å². The van der Waals surface area contributed by atoms with Crippen LogP contribution in [0.25, 0.3) is 23.6 Å². The van der Waals surface area contributed by atoms with Crippen LogP contribution in [-0.2, 0) is 28.9 Å². The molecule has 10 N–H and O–H groups in total. The molecule has 0 aliphatic rings. The summed E-state index contributed by atoms with van der Waals surface area (Å²) < 4.78 is 0. The van der Waals surface area contributed by atoms with E-state index >= 15 is 0 Å². The van der Waals surface area contributed by atoms with Crippen molar-refractivity contribution >= 4 is 35.4 Å². The number of nitrogens with one attached hydrogen (secondary N) is 6. The minimum atomic E-state index is -0.426. The monoisotopic (exact) mass is 670 g/mol. The second kappa shape index (κ2) is 16.1. The molecule has 2 amide bonds. The van der Waals surface area contributed by atoms with E-state index in [1.807, 2.05) is 26.0 Å². The van der Waals surface area contributed by atoms with Crippen molar-refractivity contribution in [2.45, 2.75) is 85.5 Å². The van der Waals surface area contributed by atoms with Crippen LogP contribution in [0, 0.1) is 27.7 Å². The molecule has 260 valence electrons. The molecule has 0 saturated carbocycles. The van der Waals surface area contributed by atoms with Crippen molar-refractivity contribution < 1.29 is 30.2 Å². The molecule has 4 rings (SSSR count). The van der Waals surface area contributed by atoms with Crippen LogP contribution in [-0.4, -0.2) is 52.4 Å². The number of carbonyl (C=O) groups is 2. The van der Waals surface area contributed by atoms with Crippen molar-refractivity contribution in [1.82, 2.24) is 30.9 Å². The zero-order valence-electron chi connectivity index (χ0n) is 28.5. The lowest BCUT2D eigenvalue weighted by atomic mass is 9.97. The maximum Gasteiger partial charge on any atom is 0.243 e. The molecule has 4 heterocycles. The van der Waals surface area contributed by atoms with Gasteiger partial charge in [0, 0.05) is 63.6 Å². The summed E-state index contributed by atoms with van der Waals surface area (Å²) in [4.78, 5) is 36.6. The standard InChI is InChI=1S/C37H46N6O6/c1-7-24-22(5)36(46)40-30(24)17-28-20(3)26(13-9-11-15-34(44)42-48)32(38-28)19-33-27(14-10-12-16-35(45)43-49)21(4)29(39-33)18-31-25(8-2)23(6)37(47)41-31/h17-18,38-41,46-49H,1-2,9-16,19H2,3-6H3,(H,42,44)(H,43,45). The van der Waals surface area contributed by atoms with Crippen LogP contribution >= 0.6 is 0 Å². The van der Waals surface area contributed by atoms with Gasteiger partial charge in [0.25, 0.3) is 0 Å². The number of unbranched alkanes of at least 4 members (excludes halogenated alkanes) is 2. The van der Waals surface area contributed by atoms with Gasteiger partial charge in [0.05, 0.1) is 10.7 Å². The largest absolute Gasteiger partial charge is 0.494 e. The fourth-order valence-electron chi connectivity index (χ4n) is 6.34. The molecule has 12 nitrogen and oxygen atoms in total. The lowest BCUT2D eigenvalue weighted by molar-refractivity contribution is -0.129. The van der Waals surface area contributed by atoms with E-state index in [-0.39, 0.29) is 24.6 Å². The van der Waals surface area contributed by atoms with Crippen LogP contribution in [0.1, 0.15) is 94.7 Å². The zero-order valence-corrected chi connectivity index (χ0v) is 28.5. The number of amides is 2. The molecule has 0 aliphatic carbocycles. The number of hydrogen-bond acceptors (Lipinski definition) is 6. The first-order chi connectivity index (χ1) is 23.4. The molecule has 0 saturated heterocycles. The van der Waals surface area contributed by atoms with Gasteiger partial charge in [-0.2, -0.15) is 0 Å². The normalized spacial score (nSPS) is 12.0. The van der Waals surface area contributed by atoms with E-state index in [1.54, 1.807) is 24.8 Å². The molecule has 0 radical (unpaired) electrons. The first-order valence-corrected chi connectivity index (χ1v) is 16.3. The molecule has 0 spiro atoms. The average Bonchev–Trinajstić information content (AvgIpc) is 3.73.